The van der Waals surface area contributed by atoms with Crippen molar-refractivity contribution in [1.82, 2.24) is 0 Å². The average Bonchev–Trinajstić information content (AvgIpc) is 2.39. The summed E-state index contributed by atoms with van der Waals surface area (Å²) in [6.45, 7) is 0. The molecule has 0 unspecified atom stereocenters. The van der Waals surface area contributed by atoms with E-state index in [1.54, 1.807) is 24.3 Å². The van der Waals surface area contributed by atoms with Gasteiger partial charge in [0, 0.05) is 0 Å². The topological polar surface area (TPSA) is 79.1 Å². The highest BCUT2D eigenvalue weighted by Gasteiger charge is 2.19. The van der Waals surface area contributed by atoms with Gasteiger partial charge >= 0.3 is 5.97 Å². The Morgan fingerprint density at radius 2 is 2.07 bits per heavy atom. The molecule has 0 saturated heterocycles. The van der Waals surface area contributed by atoms with E-state index in [1.165, 1.54) is 0 Å². The first kappa shape index (κ1) is 9.26. The molecule has 0 fully saturated rings. The Balaban J connectivity index is 2.51. The Hall–Kier alpha value is -2.30. The molecule has 1 aromatic carbocycles. The van der Waals surface area contributed by atoms with Crippen LogP contribution in [0.2, 0.25) is 0 Å². The number of benzene rings is 1. The van der Waals surface area contributed by atoms with E-state index in [0.29, 0.717) is 11.4 Å². The van der Waals surface area contributed by atoms with Crippen molar-refractivity contribution in [2.24, 2.45) is 4.99 Å². The quantitative estimate of drug-likeness (QED) is 0.730. The number of fused-ring (bicyclic) bond motifs is 1. The Morgan fingerprint density at radius 1 is 1.33 bits per heavy atom. The third kappa shape index (κ3) is 1.67. The number of hydrogen-bond acceptors (Lipinski definition) is 4. The lowest BCUT2D eigenvalue weighted by molar-refractivity contribution is -0.135. The van der Waals surface area contributed by atoms with Crippen molar-refractivity contribution in [2.45, 2.75) is 0 Å². The predicted molar refractivity (Wildman–Crippen MR) is 52.5 cm³/mol. The normalized spacial score (nSPS) is 14.1. The number of nitrogens with zero attached hydrogens (tertiary/aromatic N) is 1. The maximum absolute atomic E-state index is 10.7. The molecule has 1 aliphatic rings. The molecule has 5 heteroatoms. The van der Waals surface area contributed by atoms with E-state index in [4.69, 9.17) is 9.84 Å². The van der Waals surface area contributed by atoms with Gasteiger partial charge in [0.2, 0.25) is 0 Å². The zero-order chi connectivity index (χ0) is 10.8. The third-order valence-electron chi connectivity index (χ3n) is 1.83. The first-order valence-corrected chi connectivity index (χ1v) is 4.16. The van der Waals surface area contributed by atoms with Crippen LogP contribution in [0.3, 0.4) is 0 Å². The summed E-state index contributed by atoms with van der Waals surface area (Å²) < 4.78 is 5.04. The smallest absolute Gasteiger partial charge is 0.375 e. The summed E-state index contributed by atoms with van der Waals surface area (Å²) in [6, 6.07) is 6.66. The monoisotopic (exact) mass is 205 g/mol. The number of para-hydroxylation sites is 2. The van der Waals surface area contributed by atoms with Gasteiger partial charge in [-0.2, -0.15) is 0 Å². The fourth-order valence-electron chi connectivity index (χ4n) is 1.15. The molecule has 2 rings (SSSR count). The molecule has 0 atom stereocenters. The molecular weight excluding hydrogens is 198 g/mol. The van der Waals surface area contributed by atoms with E-state index in [2.05, 4.69) is 4.99 Å². The number of rotatable bonds is 1. The fourth-order valence-corrected chi connectivity index (χ4v) is 1.15. The highest BCUT2D eigenvalue weighted by molar-refractivity contribution is 5.94. The van der Waals surface area contributed by atoms with Crippen molar-refractivity contribution in [1.29, 1.82) is 0 Å². The Labute approximate surface area is 85.0 Å². The van der Waals surface area contributed by atoms with Gasteiger partial charge in [0.05, 0.1) is 6.21 Å². The van der Waals surface area contributed by atoms with Crippen LogP contribution in [-0.4, -0.2) is 22.4 Å². The number of hydrogen-bond donors (Lipinski definition) is 2. The van der Waals surface area contributed by atoms with E-state index < -0.39 is 17.5 Å². The number of ether oxygens (including phenoxy) is 1. The molecule has 76 valence electrons. The van der Waals surface area contributed by atoms with Crippen molar-refractivity contribution in [3.63, 3.8) is 0 Å². The molecule has 0 radical (unpaired) electrons. The molecule has 0 aliphatic carbocycles. The van der Waals surface area contributed by atoms with E-state index in [-0.39, 0.29) is 0 Å². The SMILES string of the molecule is O=C(O)C1=C(O)C=Nc2ccccc2O1. The summed E-state index contributed by atoms with van der Waals surface area (Å²) in [6.07, 6.45) is 1.05. The summed E-state index contributed by atoms with van der Waals surface area (Å²) in [5.41, 5.74) is 0.473. The Bertz CT molecular complexity index is 476. The summed E-state index contributed by atoms with van der Waals surface area (Å²) >= 11 is 0. The van der Waals surface area contributed by atoms with Crippen molar-refractivity contribution in [3.05, 3.63) is 35.8 Å². The lowest BCUT2D eigenvalue weighted by atomic mass is 10.3. The van der Waals surface area contributed by atoms with Crippen molar-refractivity contribution < 1.29 is 19.7 Å². The molecule has 15 heavy (non-hydrogen) atoms. The number of aliphatic imine (C=N–C) groups is 1. The molecule has 0 saturated carbocycles. The van der Waals surface area contributed by atoms with Crippen LogP contribution in [0.1, 0.15) is 0 Å². The molecule has 1 aliphatic heterocycles. The summed E-state index contributed by atoms with van der Waals surface area (Å²) in [5, 5.41) is 18.1. The summed E-state index contributed by atoms with van der Waals surface area (Å²) in [7, 11) is 0. The van der Waals surface area contributed by atoms with Crippen LogP contribution < -0.4 is 4.74 Å². The number of aliphatic hydroxyl groups is 1. The molecule has 0 amide bonds. The predicted octanol–water partition coefficient (Wildman–Crippen LogP) is 1.64. The molecule has 2 N–H and O–H groups in total. The van der Waals surface area contributed by atoms with Gasteiger partial charge in [-0.1, -0.05) is 12.1 Å². The molecule has 0 bridgehead atoms. The highest BCUT2D eigenvalue weighted by Crippen LogP contribution is 2.30. The second kappa shape index (κ2) is 3.45. The number of carbonyl (C=O) groups is 1. The van der Waals surface area contributed by atoms with Gasteiger partial charge in [0.25, 0.3) is 5.76 Å². The lowest BCUT2D eigenvalue weighted by Crippen LogP contribution is -2.10. The molecule has 5 nitrogen and oxygen atoms in total. The Morgan fingerprint density at radius 3 is 2.80 bits per heavy atom. The van der Waals surface area contributed by atoms with Gasteiger partial charge in [-0.15, -0.1) is 0 Å². The number of aliphatic hydroxyl groups excluding tert-OH is 1. The minimum atomic E-state index is -1.34. The minimum absolute atomic E-state index is 0.301. The van der Waals surface area contributed by atoms with Gasteiger partial charge in [0.1, 0.15) is 5.69 Å². The third-order valence-corrected chi connectivity index (χ3v) is 1.83. The van der Waals surface area contributed by atoms with Crippen LogP contribution in [0.5, 0.6) is 5.75 Å². The first-order valence-electron chi connectivity index (χ1n) is 4.16. The summed E-state index contributed by atoms with van der Waals surface area (Å²) in [4.78, 5) is 14.6. The summed E-state index contributed by atoms with van der Waals surface area (Å²) in [5.74, 6) is -2.06. The van der Waals surface area contributed by atoms with Crippen molar-refractivity contribution in [3.8, 4) is 5.75 Å². The van der Waals surface area contributed by atoms with Crippen LogP contribution in [-0.2, 0) is 4.79 Å². The zero-order valence-electron chi connectivity index (χ0n) is 7.54. The van der Waals surface area contributed by atoms with Crippen LogP contribution in [0.25, 0.3) is 0 Å². The molecular formula is C10H7NO4. The average molecular weight is 205 g/mol. The van der Waals surface area contributed by atoms with Crippen LogP contribution in [0, 0.1) is 0 Å². The van der Waals surface area contributed by atoms with E-state index in [0.717, 1.165) is 6.21 Å². The van der Waals surface area contributed by atoms with E-state index in [1.807, 2.05) is 0 Å². The van der Waals surface area contributed by atoms with Gasteiger partial charge < -0.3 is 14.9 Å². The lowest BCUT2D eigenvalue weighted by Gasteiger charge is -2.05. The molecule has 0 aromatic heterocycles. The van der Waals surface area contributed by atoms with Crippen molar-refractivity contribution in [2.75, 3.05) is 0 Å². The van der Waals surface area contributed by atoms with E-state index in [9.17, 15) is 9.90 Å². The molecule has 1 aromatic rings. The minimum Gasteiger partial charge on any atom is -0.503 e. The number of allylic oxidation sites excluding steroid dienone is 1. The fraction of sp³-hybridized carbons (Fsp3) is 0. The van der Waals surface area contributed by atoms with Crippen molar-refractivity contribution >= 4 is 17.9 Å². The first-order chi connectivity index (χ1) is 7.18. The number of carboxylic acids is 1. The van der Waals surface area contributed by atoms with E-state index >= 15 is 0 Å². The number of aliphatic carboxylic acids is 1. The van der Waals surface area contributed by atoms with Gasteiger partial charge in [-0.3, -0.25) is 0 Å². The second-order valence-electron chi connectivity index (χ2n) is 2.85. The molecule has 1 heterocycles. The maximum Gasteiger partial charge on any atom is 0.375 e. The van der Waals surface area contributed by atoms with Gasteiger partial charge in [0.15, 0.2) is 11.5 Å². The van der Waals surface area contributed by atoms with Gasteiger partial charge in [-0.05, 0) is 12.1 Å². The largest absolute Gasteiger partial charge is 0.503 e. The van der Waals surface area contributed by atoms with Crippen LogP contribution >= 0.6 is 0 Å². The highest BCUT2D eigenvalue weighted by atomic mass is 16.5. The number of carboxylic acid groups (broad SMARTS) is 1. The maximum atomic E-state index is 10.7. The van der Waals surface area contributed by atoms with Crippen LogP contribution in [0.15, 0.2) is 40.8 Å². The Kier molecular flexibility index (Phi) is 2.13. The molecule has 0 spiro atoms. The second-order valence-corrected chi connectivity index (χ2v) is 2.85. The standard InChI is InChI=1S/C10H7NO4/c12-7-5-11-6-3-1-2-4-8(6)15-9(7)10(13)14/h1-5,12H,(H,13,14). The van der Waals surface area contributed by atoms with Gasteiger partial charge in [-0.25, -0.2) is 9.79 Å². The zero-order valence-corrected chi connectivity index (χ0v) is 7.54. The van der Waals surface area contributed by atoms with Crippen LogP contribution in [0.4, 0.5) is 5.69 Å².